The molecule has 0 saturated heterocycles. The smallest absolute Gasteiger partial charge is 0.303 e. The third kappa shape index (κ3) is 4.41. The summed E-state index contributed by atoms with van der Waals surface area (Å²) >= 11 is 0. The maximum Gasteiger partial charge on any atom is 0.303 e. The molecule has 2 N–H and O–H groups in total. The number of carbonyl (C=O) groups excluding carboxylic acids is 1. The number of nitrogens with one attached hydrogen (secondary N) is 1. The summed E-state index contributed by atoms with van der Waals surface area (Å²) in [6.07, 6.45) is 2.35. The van der Waals surface area contributed by atoms with Crippen molar-refractivity contribution in [3.63, 3.8) is 0 Å². The van der Waals surface area contributed by atoms with Gasteiger partial charge in [-0.25, -0.2) is 0 Å². The third-order valence-electron chi connectivity index (χ3n) is 2.54. The standard InChI is InChI=1S/C11H15N3O5/c1-13-7-8(14(18)19)6-9(13)11(17)12-5-3-2-4-10(15)16/h6-7H,2-5H2,1H3,(H,12,17)(H,15,16). The Morgan fingerprint density at radius 3 is 2.68 bits per heavy atom. The third-order valence-corrected chi connectivity index (χ3v) is 2.54. The molecule has 0 aliphatic carbocycles. The lowest BCUT2D eigenvalue weighted by molar-refractivity contribution is -0.384. The Kier molecular flexibility index (Phi) is 5.04. The van der Waals surface area contributed by atoms with Crippen molar-refractivity contribution in [3.05, 3.63) is 28.1 Å². The maximum absolute atomic E-state index is 11.7. The normalized spacial score (nSPS) is 10.2. The summed E-state index contributed by atoms with van der Waals surface area (Å²) in [5.74, 6) is -1.28. The molecule has 8 heteroatoms. The van der Waals surface area contributed by atoms with Crippen LogP contribution in [0.4, 0.5) is 5.69 Å². The maximum atomic E-state index is 11.7. The Balaban J connectivity index is 2.45. The topological polar surface area (TPSA) is 114 Å². The number of carboxylic acids is 1. The summed E-state index contributed by atoms with van der Waals surface area (Å²) in [5.41, 5.74) is 0.0588. The summed E-state index contributed by atoms with van der Waals surface area (Å²) in [7, 11) is 1.55. The van der Waals surface area contributed by atoms with Crippen LogP contribution in [0.25, 0.3) is 0 Å². The van der Waals surface area contributed by atoms with E-state index in [0.29, 0.717) is 19.4 Å². The molecule has 0 fully saturated rings. The first kappa shape index (κ1) is 14.7. The van der Waals surface area contributed by atoms with E-state index in [1.807, 2.05) is 0 Å². The largest absolute Gasteiger partial charge is 0.481 e. The summed E-state index contributed by atoms with van der Waals surface area (Å²) in [6.45, 7) is 0.338. The van der Waals surface area contributed by atoms with Gasteiger partial charge in [-0.2, -0.15) is 0 Å². The van der Waals surface area contributed by atoms with Gasteiger partial charge in [0.05, 0.1) is 11.1 Å². The van der Waals surface area contributed by atoms with E-state index in [9.17, 15) is 19.7 Å². The van der Waals surface area contributed by atoms with E-state index in [-0.39, 0.29) is 17.8 Å². The molecule has 0 atom stereocenters. The molecule has 8 nitrogen and oxygen atoms in total. The van der Waals surface area contributed by atoms with Crippen LogP contribution >= 0.6 is 0 Å². The van der Waals surface area contributed by atoms with Gasteiger partial charge in [0.2, 0.25) is 0 Å². The van der Waals surface area contributed by atoms with Gasteiger partial charge in [0.1, 0.15) is 5.69 Å². The summed E-state index contributed by atoms with van der Waals surface area (Å²) < 4.78 is 1.38. The summed E-state index contributed by atoms with van der Waals surface area (Å²) in [6, 6.07) is 1.20. The zero-order valence-corrected chi connectivity index (χ0v) is 10.5. The van der Waals surface area contributed by atoms with E-state index >= 15 is 0 Å². The highest BCUT2D eigenvalue weighted by atomic mass is 16.6. The lowest BCUT2D eigenvalue weighted by Crippen LogP contribution is -2.26. The fourth-order valence-electron chi connectivity index (χ4n) is 1.57. The number of aryl methyl sites for hydroxylation is 1. The average Bonchev–Trinajstić information content (AvgIpc) is 2.70. The van der Waals surface area contributed by atoms with E-state index in [1.165, 1.54) is 16.8 Å². The van der Waals surface area contributed by atoms with Crippen LogP contribution in [0.2, 0.25) is 0 Å². The van der Waals surface area contributed by atoms with Crippen LogP contribution in [-0.4, -0.2) is 33.0 Å². The molecular weight excluding hydrogens is 254 g/mol. The highest BCUT2D eigenvalue weighted by Gasteiger charge is 2.16. The number of hydrogen-bond donors (Lipinski definition) is 2. The van der Waals surface area contributed by atoms with Gasteiger partial charge in [0.25, 0.3) is 11.6 Å². The van der Waals surface area contributed by atoms with Gasteiger partial charge < -0.3 is 15.0 Å². The van der Waals surface area contributed by atoms with E-state index in [4.69, 9.17) is 5.11 Å². The summed E-state index contributed by atoms with van der Waals surface area (Å²) in [4.78, 5) is 32.0. The fourth-order valence-corrected chi connectivity index (χ4v) is 1.57. The minimum atomic E-state index is -0.871. The molecule has 104 valence electrons. The minimum Gasteiger partial charge on any atom is -0.481 e. The molecule has 1 heterocycles. The molecule has 0 bridgehead atoms. The Morgan fingerprint density at radius 1 is 1.47 bits per heavy atom. The van der Waals surface area contributed by atoms with Crippen molar-refractivity contribution in [1.29, 1.82) is 0 Å². The van der Waals surface area contributed by atoms with Crippen LogP contribution in [0.1, 0.15) is 29.8 Å². The van der Waals surface area contributed by atoms with Crippen LogP contribution in [-0.2, 0) is 11.8 Å². The van der Waals surface area contributed by atoms with Crippen LogP contribution in [0.5, 0.6) is 0 Å². The van der Waals surface area contributed by atoms with E-state index in [2.05, 4.69) is 5.32 Å². The van der Waals surface area contributed by atoms with Crippen molar-refractivity contribution in [2.45, 2.75) is 19.3 Å². The number of nitrogens with zero attached hydrogens (tertiary/aromatic N) is 2. The molecule has 0 spiro atoms. The van der Waals surface area contributed by atoms with Crippen LogP contribution < -0.4 is 5.32 Å². The van der Waals surface area contributed by atoms with Gasteiger partial charge in [-0.1, -0.05) is 0 Å². The van der Waals surface area contributed by atoms with Crippen LogP contribution in [0.15, 0.2) is 12.3 Å². The lowest BCUT2D eigenvalue weighted by atomic mass is 10.2. The highest BCUT2D eigenvalue weighted by molar-refractivity contribution is 5.93. The first-order valence-electron chi connectivity index (χ1n) is 5.72. The number of amides is 1. The van der Waals surface area contributed by atoms with Gasteiger partial charge in [-0.3, -0.25) is 19.7 Å². The molecule has 1 amide bonds. The molecule has 0 aromatic carbocycles. The molecule has 1 aromatic rings. The van der Waals surface area contributed by atoms with Crippen molar-refractivity contribution in [3.8, 4) is 0 Å². The Morgan fingerprint density at radius 2 is 2.16 bits per heavy atom. The van der Waals surface area contributed by atoms with Gasteiger partial charge >= 0.3 is 5.97 Å². The summed E-state index contributed by atoms with van der Waals surface area (Å²) in [5, 5.41) is 21.6. The first-order valence-corrected chi connectivity index (χ1v) is 5.72. The second kappa shape index (κ2) is 6.53. The van der Waals surface area contributed by atoms with Gasteiger partial charge in [-0.15, -0.1) is 0 Å². The molecule has 19 heavy (non-hydrogen) atoms. The number of carboxylic acid groups (broad SMARTS) is 1. The van der Waals surface area contributed by atoms with Gasteiger partial charge in [0, 0.05) is 26.1 Å². The predicted octanol–water partition coefficient (Wildman–Crippen LogP) is 0.918. The fraction of sp³-hybridized carbons (Fsp3) is 0.455. The second-order valence-corrected chi connectivity index (χ2v) is 4.06. The molecule has 1 aromatic heterocycles. The van der Waals surface area contributed by atoms with E-state index in [1.54, 1.807) is 7.05 Å². The quantitative estimate of drug-likeness (QED) is 0.434. The van der Waals surface area contributed by atoms with E-state index in [0.717, 1.165) is 0 Å². The first-order chi connectivity index (χ1) is 8.91. The number of aromatic nitrogens is 1. The molecule has 0 aliphatic heterocycles. The number of rotatable bonds is 7. The SMILES string of the molecule is Cn1cc([N+](=O)[O-])cc1C(=O)NCCCCC(=O)O. The number of unbranched alkanes of at least 4 members (excludes halogenated alkanes) is 1. The highest BCUT2D eigenvalue weighted by Crippen LogP contribution is 2.14. The Hall–Kier alpha value is -2.38. The van der Waals surface area contributed by atoms with Gasteiger partial charge in [0.15, 0.2) is 0 Å². The van der Waals surface area contributed by atoms with Crippen molar-refractivity contribution in [2.24, 2.45) is 7.05 Å². The zero-order chi connectivity index (χ0) is 14.4. The minimum absolute atomic E-state index is 0.0610. The van der Waals surface area contributed by atoms with Crippen LogP contribution in [0.3, 0.4) is 0 Å². The van der Waals surface area contributed by atoms with Gasteiger partial charge in [-0.05, 0) is 12.8 Å². The van der Waals surface area contributed by atoms with Crippen LogP contribution in [0, 0.1) is 10.1 Å². The number of carbonyl (C=O) groups is 2. The lowest BCUT2D eigenvalue weighted by Gasteiger charge is -2.04. The average molecular weight is 269 g/mol. The number of hydrogen-bond acceptors (Lipinski definition) is 4. The molecule has 1 rings (SSSR count). The number of aliphatic carboxylic acids is 1. The van der Waals surface area contributed by atoms with Crippen molar-refractivity contribution in [1.82, 2.24) is 9.88 Å². The molecular formula is C11H15N3O5. The second-order valence-electron chi connectivity index (χ2n) is 4.06. The predicted molar refractivity (Wildman–Crippen MR) is 65.9 cm³/mol. The molecule has 0 radical (unpaired) electrons. The zero-order valence-electron chi connectivity index (χ0n) is 10.5. The number of nitro groups is 1. The Bertz CT molecular complexity index is 495. The van der Waals surface area contributed by atoms with Crippen molar-refractivity contribution >= 4 is 17.6 Å². The van der Waals surface area contributed by atoms with E-state index < -0.39 is 16.8 Å². The molecule has 0 aliphatic rings. The monoisotopic (exact) mass is 269 g/mol. The molecule has 0 saturated carbocycles. The van der Waals surface area contributed by atoms with Crippen molar-refractivity contribution in [2.75, 3.05) is 6.54 Å². The Labute approximate surface area is 109 Å². The van der Waals surface area contributed by atoms with Crippen molar-refractivity contribution < 1.29 is 19.6 Å². The molecule has 0 unspecified atom stereocenters.